The molecule has 0 amide bonds. The number of aromatic nitrogens is 4. The lowest BCUT2D eigenvalue weighted by Gasteiger charge is -2.09. The quantitative estimate of drug-likeness (QED) is 0.211. The third-order valence-electron chi connectivity index (χ3n) is 9.80. The number of aromatic amines is 2. The van der Waals surface area contributed by atoms with Crippen molar-refractivity contribution in [2.24, 2.45) is 0 Å². The van der Waals surface area contributed by atoms with E-state index in [1.807, 2.05) is 0 Å². The van der Waals surface area contributed by atoms with Gasteiger partial charge in [-0.25, -0.2) is 9.97 Å². The zero-order chi connectivity index (χ0) is 31.3. The Morgan fingerprint density at radius 2 is 1.07 bits per heavy atom. The average molecular weight is 585 g/mol. The van der Waals surface area contributed by atoms with Crippen LogP contribution in [0.3, 0.4) is 0 Å². The second kappa shape index (κ2) is 11.7. The molecule has 0 atom stereocenters. The molecule has 0 radical (unpaired) electrons. The Bertz CT molecular complexity index is 1900. The average Bonchev–Trinajstić information content (AvgIpc) is 3.71. The van der Waals surface area contributed by atoms with Gasteiger partial charge >= 0.3 is 0 Å². The van der Waals surface area contributed by atoms with E-state index in [0.29, 0.717) is 0 Å². The van der Waals surface area contributed by atoms with Gasteiger partial charge in [0.25, 0.3) is 0 Å². The largest absolute Gasteiger partial charge is 0.392 e. The Labute approximate surface area is 260 Å². The van der Waals surface area contributed by atoms with Gasteiger partial charge in [-0.2, -0.15) is 0 Å². The molecular formula is C39H44N4O. The number of H-pyrrole nitrogens is 2. The predicted octanol–water partition coefficient (Wildman–Crippen LogP) is 9.90. The minimum atomic E-state index is -0.112. The molecule has 0 saturated carbocycles. The summed E-state index contributed by atoms with van der Waals surface area (Å²) >= 11 is 0. The summed E-state index contributed by atoms with van der Waals surface area (Å²) < 4.78 is 0. The van der Waals surface area contributed by atoms with E-state index >= 15 is 0 Å². The normalized spacial score (nSPS) is 13.4. The summed E-state index contributed by atoms with van der Waals surface area (Å²) in [4.78, 5) is 18.2. The van der Waals surface area contributed by atoms with Crippen molar-refractivity contribution in [1.82, 2.24) is 19.9 Å². The number of nitrogens with zero attached hydrogens (tertiary/aromatic N) is 2. The maximum atomic E-state index is 10.9. The zero-order valence-corrected chi connectivity index (χ0v) is 27.4. The third kappa shape index (κ3) is 4.57. The molecule has 0 unspecified atom stereocenters. The van der Waals surface area contributed by atoms with Crippen LogP contribution < -0.4 is 0 Å². The van der Waals surface area contributed by atoms with Gasteiger partial charge in [0.15, 0.2) is 0 Å². The molecule has 1 aromatic carbocycles. The van der Waals surface area contributed by atoms with E-state index in [9.17, 15) is 5.11 Å². The Morgan fingerprint density at radius 1 is 0.614 bits per heavy atom. The second-order valence-electron chi connectivity index (χ2n) is 12.0. The van der Waals surface area contributed by atoms with Crippen molar-refractivity contribution in [3.05, 3.63) is 93.1 Å². The van der Waals surface area contributed by atoms with E-state index in [-0.39, 0.29) is 6.61 Å². The molecule has 0 aliphatic carbocycles. The molecule has 2 aliphatic rings. The van der Waals surface area contributed by atoms with Gasteiger partial charge in [-0.1, -0.05) is 58.0 Å². The van der Waals surface area contributed by atoms with Gasteiger partial charge in [-0.15, -0.1) is 0 Å². The first-order chi connectivity index (χ1) is 21.3. The van der Waals surface area contributed by atoms with Crippen LogP contribution in [0.2, 0.25) is 0 Å². The van der Waals surface area contributed by atoms with Crippen molar-refractivity contribution in [3.63, 3.8) is 0 Å². The van der Waals surface area contributed by atoms with Crippen LogP contribution in [-0.2, 0) is 19.4 Å². The summed E-state index contributed by atoms with van der Waals surface area (Å²) in [5.74, 6) is 0. The Morgan fingerprint density at radius 3 is 1.45 bits per heavy atom. The Balaban J connectivity index is 1.93. The van der Waals surface area contributed by atoms with Crippen LogP contribution in [0.15, 0.2) is 42.5 Å². The van der Waals surface area contributed by atoms with E-state index in [1.165, 1.54) is 44.5 Å². The highest BCUT2D eigenvalue weighted by molar-refractivity contribution is 6.00. The van der Waals surface area contributed by atoms with E-state index in [4.69, 9.17) is 9.97 Å². The lowest BCUT2D eigenvalue weighted by atomic mass is 9.96. The molecule has 0 spiro atoms. The summed E-state index contributed by atoms with van der Waals surface area (Å²) in [5, 5.41) is 10.9. The van der Waals surface area contributed by atoms with Crippen LogP contribution in [0.1, 0.15) is 105 Å². The maximum Gasteiger partial charge on any atom is 0.0749 e. The molecule has 5 heteroatoms. The first-order valence-corrected chi connectivity index (χ1v) is 16.1. The second-order valence-corrected chi connectivity index (χ2v) is 12.0. The molecule has 5 heterocycles. The molecule has 2 aliphatic heterocycles. The number of fused-ring (bicyclic) bond motifs is 8. The summed E-state index contributed by atoms with van der Waals surface area (Å²) in [6.45, 7) is 17.5. The van der Waals surface area contributed by atoms with Crippen LogP contribution in [0.5, 0.6) is 0 Å². The van der Waals surface area contributed by atoms with E-state index in [1.54, 1.807) is 0 Å². The van der Waals surface area contributed by atoms with Crippen molar-refractivity contribution in [1.29, 1.82) is 0 Å². The van der Waals surface area contributed by atoms with Gasteiger partial charge in [-0.3, -0.25) is 0 Å². The van der Waals surface area contributed by atoms with Gasteiger partial charge in [-0.05, 0) is 116 Å². The number of benzene rings is 1. The molecule has 44 heavy (non-hydrogen) atoms. The topological polar surface area (TPSA) is 77.6 Å². The van der Waals surface area contributed by atoms with Crippen molar-refractivity contribution >= 4 is 44.4 Å². The highest BCUT2D eigenvalue weighted by atomic mass is 16.3. The molecule has 4 aromatic rings. The van der Waals surface area contributed by atoms with Crippen LogP contribution in [-0.4, -0.2) is 25.0 Å². The van der Waals surface area contributed by atoms with Gasteiger partial charge in [0.05, 0.1) is 40.4 Å². The van der Waals surface area contributed by atoms with Crippen LogP contribution in [0, 0.1) is 13.8 Å². The van der Waals surface area contributed by atoms with Gasteiger partial charge in [0.2, 0.25) is 0 Å². The van der Waals surface area contributed by atoms with Gasteiger partial charge in [0, 0.05) is 22.2 Å². The fourth-order valence-electron chi connectivity index (χ4n) is 7.38. The van der Waals surface area contributed by atoms with Gasteiger partial charge in [0.1, 0.15) is 0 Å². The number of allylic oxidation sites excluding steroid dienone is 4. The first kappa shape index (κ1) is 29.8. The summed E-state index contributed by atoms with van der Waals surface area (Å²) in [6.07, 6.45) is 3.47. The van der Waals surface area contributed by atoms with Gasteiger partial charge < -0.3 is 15.1 Å². The highest BCUT2D eigenvalue weighted by Gasteiger charge is 2.25. The first-order valence-electron chi connectivity index (χ1n) is 16.1. The number of aliphatic hydroxyl groups excluding tert-OH is 1. The Kier molecular flexibility index (Phi) is 7.93. The number of hydrogen-bond donors (Lipinski definition) is 3. The number of aryl methyl sites for hydroxylation is 4. The molecule has 0 saturated heterocycles. The molecule has 226 valence electrons. The molecule has 0 fully saturated rings. The zero-order valence-electron chi connectivity index (χ0n) is 27.4. The molecule has 5 nitrogen and oxygen atoms in total. The van der Waals surface area contributed by atoms with Crippen LogP contribution in [0.25, 0.3) is 55.5 Å². The minimum absolute atomic E-state index is 0.112. The molecule has 6 rings (SSSR count). The fourth-order valence-corrected chi connectivity index (χ4v) is 7.38. The van der Waals surface area contributed by atoms with Crippen molar-refractivity contribution in [2.45, 2.75) is 87.7 Å². The molecule has 3 aromatic heterocycles. The summed E-state index contributed by atoms with van der Waals surface area (Å²) in [5.41, 5.74) is 21.0. The van der Waals surface area contributed by atoms with Crippen molar-refractivity contribution < 1.29 is 5.11 Å². The number of rotatable bonds is 6. The van der Waals surface area contributed by atoms with E-state index in [2.05, 4.69) is 108 Å². The standard InChI is InChI=1S/C39H44N4O/c1-9-26-23(7)36-35(25-16-14-13-15-17-25)37-24(8)27(10-2)34(43-37)19-32-22(6)29(12-4)39(41-32)30(20-44)38-28(11-3)21(5)31(40-38)18-33(26)42-36/h13-19,42-44H,9-12,20H2,1-8H3. The Hall–Kier alpha value is -4.22. The monoisotopic (exact) mass is 584 g/mol. The van der Waals surface area contributed by atoms with E-state index < -0.39 is 0 Å². The lowest BCUT2D eigenvalue weighted by Crippen LogP contribution is -1.98. The number of aliphatic hydroxyl groups is 1. The molecular weight excluding hydrogens is 540 g/mol. The smallest absolute Gasteiger partial charge is 0.0749 e. The summed E-state index contributed by atoms with van der Waals surface area (Å²) in [6, 6.07) is 15.1. The molecule has 3 N–H and O–H groups in total. The molecule has 8 bridgehead atoms. The number of nitrogens with one attached hydrogen (secondary N) is 2. The lowest BCUT2D eigenvalue weighted by molar-refractivity contribution is 0.280. The van der Waals surface area contributed by atoms with Crippen molar-refractivity contribution in [3.8, 4) is 11.1 Å². The predicted molar refractivity (Wildman–Crippen MR) is 186 cm³/mol. The van der Waals surface area contributed by atoms with Crippen molar-refractivity contribution in [2.75, 3.05) is 0 Å². The van der Waals surface area contributed by atoms with Crippen LogP contribution >= 0.6 is 0 Å². The minimum Gasteiger partial charge on any atom is -0.392 e. The fraction of sp³-hybridized carbons (Fsp3) is 0.333. The van der Waals surface area contributed by atoms with E-state index in [0.717, 1.165) is 87.2 Å². The third-order valence-corrected chi connectivity index (χ3v) is 9.80. The summed E-state index contributed by atoms with van der Waals surface area (Å²) in [7, 11) is 0. The SMILES string of the molecule is CCC1=C(C)c2cc3[nH]c(c(C)c3CC)c(-c3ccccc3)c3[nH]c(cc4nc(c(CO)c1n2)C(CC)=C4C)c(CC)c3C. The highest BCUT2D eigenvalue weighted by Crippen LogP contribution is 2.41. The maximum absolute atomic E-state index is 10.9. The number of hydrogen-bond acceptors (Lipinski definition) is 3. The van der Waals surface area contributed by atoms with Crippen LogP contribution in [0.4, 0.5) is 0 Å².